The third-order valence-corrected chi connectivity index (χ3v) is 5.06. The lowest BCUT2D eigenvalue weighted by Gasteiger charge is -2.31. The van der Waals surface area contributed by atoms with Crippen molar-refractivity contribution in [2.24, 2.45) is 0 Å². The average molecular weight is 291 g/mol. The van der Waals surface area contributed by atoms with Crippen LogP contribution in [-0.2, 0) is 4.79 Å². The molecule has 120 valence electrons. The molecule has 0 aromatic rings. The molecule has 0 aromatic heterocycles. The predicted molar refractivity (Wildman–Crippen MR) is 89.3 cm³/mol. The molecular weight excluding hydrogens is 258 g/mol. The van der Waals surface area contributed by atoms with Gasteiger partial charge in [-0.15, -0.1) is 0 Å². The normalized spacial score (nSPS) is 22.1. The summed E-state index contributed by atoms with van der Waals surface area (Å²) in [5.74, 6) is 0.411. The molecule has 1 aliphatic carbocycles. The van der Waals surface area contributed by atoms with Gasteiger partial charge in [0.2, 0.25) is 0 Å². The largest absolute Gasteiger partial charge is 0.385 e. The zero-order chi connectivity index (χ0) is 14.9. The number of hydrogen-bond donors (Lipinski definition) is 1. The minimum absolute atomic E-state index is 0.411. The number of carbonyl (C=O) groups is 1. The highest BCUT2D eigenvalue weighted by Crippen LogP contribution is 2.29. The van der Waals surface area contributed by atoms with E-state index in [1.54, 1.807) is 0 Å². The van der Waals surface area contributed by atoms with E-state index in [0.29, 0.717) is 11.8 Å². The Balaban J connectivity index is 1.55. The summed E-state index contributed by atoms with van der Waals surface area (Å²) in [7, 11) is 0. The van der Waals surface area contributed by atoms with Crippen LogP contribution in [0.4, 0.5) is 0 Å². The van der Waals surface area contributed by atoms with Crippen molar-refractivity contribution in [1.29, 1.82) is 0 Å². The van der Waals surface area contributed by atoms with Gasteiger partial charge in [-0.2, -0.15) is 0 Å². The van der Waals surface area contributed by atoms with Crippen molar-refractivity contribution in [1.82, 2.24) is 5.32 Å². The van der Waals surface area contributed by atoms with E-state index in [1.165, 1.54) is 69.9 Å². The zero-order valence-electron chi connectivity index (χ0n) is 13.9. The monoisotopic (exact) mass is 291 g/mol. The molecule has 1 atom stereocenters. The predicted octanol–water partition coefficient (Wildman–Crippen LogP) is 5.28. The maximum Gasteiger partial charge on any atom is 0.160 e. The highest BCUT2D eigenvalue weighted by Gasteiger charge is 2.26. The molecule has 2 rings (SSSR count). The fourth-order valence-corrected chi connectivity index (χ4v) is 3.72. The SMILES string of the molecule is CCCCCCCCCC[C@H]1CCC2=C(CCCC2=O)N1. The summed E-state index contributed by atoms with van der Waals surface area (Å²) in [6, 6.07) is 0.634. The number of Topliss-reactive ketones (excluding diaryl/α,β-unsaturated/α-hetero) is 1. The van der Waals surface area contributed by atoms with Crippen LogP contribution in [-0.4, -0.2) is 11.8 Å². The molecule has 0 fully saturated rings. The second-order valence-electron chi connectivity index (χ2n) is 6.88. The van der Waals surface area contributed by atoms with E-state index in [9.17, 15) is 4.79 Å². The van der Waals surface area contributed by atoms with E-state index in [4.69, 9.17) is 0 Å². The smallest absolute Gasteiger partial charge is 0.160 e. The van der Waals surface area contributed by atoms with Gasteiger partial charge in [0, 0.05) is 23.7 Å². The first kappa shape index (κ1) is 16.6. The Morgan fingerprint density at radius 2 is 1.67 bits per heavy atom. The Morgan fingerprint density at radius 3 is 2.43 bits per heavy atom. The van der Waals surface area contributed by atoms with Crippen LogP contribution in [0.1, 0.15) is 96.8 Å². The highest BCUT2D eigenvalue weighted by atomic mass is 16.1. The molecule has 0 radical (unpaired) electrons. The summed E-state index contributed by atoms with van der Waals surface area (Å²) in [6.07, 6.45) is 17.6. The first-order valence-electron chi connectivity index (χ1n) is 9.33. The summed E-state index contributed by atoms with van der Waals surface area (Å²) in [5.41, 5.74) is 2.43. The van der Waals surface area contributed by atoms with Crippen molar-refractivity contribution >= 4 is 5.78 Å². The van der Waals surface area contributed by atoms with Gasteiger partial charge in [0.05, 0.1) is 0 Å². The summed E-state index contributed by atoms with van der Waals surface area (Å²) >= 11 is 0. The molecule has 0 unspecified atom stereocenters. The number of rotatable bonds is 9. The summed E-state index contributed by atoms with van der Waals surface area (Å²) in [6.45, 7) is 2.28. The molecule has 2 heteroatoms. The Bertz CT molecular complexity index is 359. The quantitative estimate of drug-likeness (QED) is 0.586. The number of hydrogen-bond acceptors (Lipinski definition) is 2. The van der Waals surface area contributed by atoms with Crippen molar-refractivity contribution in [2.75, 3.05) is 0 Å². The number of carbonyl (C=O) groups excluding carboxylic acids is 1. The maximum atomic E-state index is 11.8. The van der Waals surface area contributed by atoms with Crippen LogP contribution in [0.25, 0.3) is 0 Å². The van der Waals surface area contributed by atoms with Gasteiger partial charge in [0.25, 0.3) is 0 Å². The van der Waals surface area contributed by atoms with Gasteiger partial charge in [-0.25, -0.2) is 0 Å². The third kappa shape index (κ3) is 5.48. The van der Waals surface area contributed by atoms with Crippen LogP contribution < -0.4 is 5.32 Å². The first-order valence-corrected chi connectivity index (χ1v) is 9.33. The van der Waals surface area contributed by atoms with Gasteiger partial charge in [0.1, 0.15) is 0 Å². The molecule has 0 amide bonds. The van der Waals surface area contributed by atoms with E-state index >= 15 is 0 Å². The molecule has 1 heterocycles. The van der Waals surface area contributed by atoms with Gasteiger partial charge in [-0.1, -0.05) is 58.3 Å². The van der Waals surface area contributed by atoms with Crippen molar-refractivity contribution in [3.63, 3.8) is 0 Å². The third-order valence-electron chi connectivity index (χ3n) is 5.06. The Labute approximate surface area is 130 Å². The molecule has 1 aliphatic heterocycles. The number of unbranched alkanes of at least 4 members (excludes halogenated alkanes) is 7. The van der Waals surface area contributed by atoms with E-state index < -0.39 is 0 Å². The number of ketones is 1. The van der Waals surface area contributed by atoms with Crippen LogP contribution >= 0.6 is 0 Å². The summed E-state index contributed by atoms with van der Waals surface area (Å²) < 4.78 is 0. The molecular formula is C19H33NO. The molecule has 0 saturated carbocycles. The Hall–Kier alpha value is -0.790. The lowest BCUT2D eigenvalue weighted by molar-refractivity contribution is -0.116. The second kappa shape index (κ2) is 9.27. The van der Waals surface area contributed by atoms with Crippen molar-refractivity contribution < 1.29 is 4.79 Å². The van der Waals surface area contributed by atoms with Gasteiger partial charge >= 0.3 is 0 Å². The fourth-order valence-electron chi connectivity index (χ4n) is 3.72. The fraction of sp³-hybridized carbons (Fsp3) is 0.842. The molecule has 21 heavy (non-hydrogen) atoms. The Morgan fingerprint density at radius 1 is 0.952 bits per heavy atom. The number of allylic oxidation sites excluding steroid dienone is 2. The standard InChI is InChI=1S/C19H33NO/c1-2-3-4-5-6-7-8-9-11-16-14-15-17-18(20-16)12-10-13-19(17)21/h16,20H,2-15H2,1H3/t16-/m0/s1. The first-order chi connectivity index (χ1) is 10.3. The molecule has 0 saturated heterocycles. The van der Waals surface area contributed by atoms with E-state index in [-0.39, 0.29) is 0 Å². The zero-order valence-corrected chi connectivity index (χ0v) is 13.9. The average Bonchev–Trinajstić information content (AvgIpc) is 2.50. The topological polar surface area (TPSA) is 29.1 Å². The minimum Gasteiger partial charge on any atom is -0.385 e. The van der Waals surface area contributed by atoms with E-state index in [1.807, 2.05) is 0 Å². The van der Waals surface area contributed by atoms with Crippen molar-refractivity contribution in [2.45, 2.75) is 103 Å². The van der Waals surface area contributed by atoms with Crippen LogP contribution in [0.2, 0.25) is 0 Å². The molecule has 0 aromatic carbocycles. The Kier molecular flexibility index (Phi) is 7.32. The van der Waals surface area contributed by atoms with Gasteiger partial charge < -0.3 is 5.32 Å². The lowest BCUT2D eigenvalue weighted by Crippen LogP contribution is -2.36. The van der Waals surface area contributed by atoms with E-state index in [2.05, 4.69) is 12.2 Å². The van der Waals surface area contributed by atoms with Crippen LogP contribution in [0.5, 0.6) is 0 Å². The van der Waals surface area contributed by atoms with Crippen LogP contribution in [0, 0.1) is 0 Å². The number of nitrogens with one attached hydrogen (secondary N) is 1. The van der Waals surface area contributed by atoms with Crippen molar-refractivity contribution in [3.8, 4) is 0 Å². The molecule has 2 aliphatic rings. The molecule has 1 N–H and O–H groups in total. The maximum absolute atomic E-state index is 11.8. The van der Waals surface area contributed by atoms with Gasteiger partial charge in [-0.3, -0.25) is 4.79 Å². The molecule has 0 bridgehead atoms. The van der Waals surface area contributed by atoms with Crippen LogP contribution in [0.15, 0.2) is 11.3 Å². The molecule has 0 spiro atoms. The molecule has 2 nitrogen and oxygen atoms in total. The van der Waals surface area contributed by atoms with Crippen molar-refractivity contribution in [3.05, 3.63) is 11.3 Å². The summed E-state index contributed by atoms with van der Waals surface area (Å²) in [5, 5.41) is 3.66. The minimum atomic E-state index is 0.411. The lowest BCUT2D eigenvalue weighted by atomic mass is 9.86. The second-order valence-corrected chi connectivity index (χ2v) is 6.88. The highest BCUT2D eigenvalue weighted by molar-refractivity contribution is 5.96. The van der Waals surface area contributed by atoms with Gasteiger partial charge in [0.15, 0.2) is 5.78 Å². The summed E-state index contributed by atoms with van der Waals surface area (Å²) in [4.78, 5) is 11.8. The van der Waals surface area contributed by atoms with E-state index in [0.717, 1.165) is 31.3 Å². The van der Waals surface area contributed by atoms with Gasteiger partial charge in [-0.05, 0) is 32.1 Å². The van der Waals surface area contributed by atoms with Crippen LogP contribution in [0.3, 0.4) is 0 Å².